The lowest BCUT2D eigenvalue weighted by molar-refractivity contribution is -0.0476. The summed E-state index contributed by atoms with van der Waals surface area (Å²) in [5.74, 6) is -0.283. The predicted octanol–water partition coefficient (Wildman–Crippen LogP) is -0.207. The molecule has 94 valence electrons. The van der Waals surface area contributed by atoms with Crippen LogP contribution < -0.4 is 5.69 Å². The minimum atomic E-state index is -0.792. The number of aromatic amines is 1. The molecule has 1 fully saturated rings. The number of hydrogen-bond donors (Lipinski definition) is 3. The zero-order valence-electron chi connectivity index (χ0n) is 9.24. The van der Waals surface area contributed by atoms with Crippen molar-refractivity contribution in [3.8, 4) is 0 Å². The smallest absolute Gasteiger partial charge is 0.328 e. The Balaban J connectivity index is 2.35. The summed E-state index contributed by atoms with van der Waals surface area (Å²) in [6, 6.07) is 1.57. The van der Waals surface area contributed by atoms with Crippen LogP contribution in [0.1, 0.15) is 13.2 Å². The fraction of sp³-hybridized carbons (Fsp3) is 0.600. The van der Waals surface area contributed by atoms with Gasteiger partial charge in [-0.3, -0.25) is 9.55 Å². The van der Waals surface area contributed by atoms with Crippen LogP contribution in [-0.2, 0) is 4.74 Å². The highest BCUT2D eigenvalue weighted by atomic mass is 32.1. The molecule has 0 aromatic carbocycles. The third-order valence-corrected chi connectivity index (χ3v) is 3.23. The minimum absolute atomic E-state index is 0.278. The summed E-state index contributed by atoms with van der Waals surface area (Å²) in [5.41, 5.74) is -0.389. The average Bonchev–Trinajstić information content (AvgIpc) is 2.57. The van der Waals surface area contributed by atoms with Crippen LogP contribution in [-0.4, -0.2) is 38.6 Å². The fourth-order valence-corrected chi connectivity index (χ4v) is 2.14. The summed E-state index contributed by atoms with van der Waals surface area (Å²) in [4.78, 5) is 14.2. The summed E-state index contributed by atoms with van der Waals surface area (Å²) in [7, 11) is 0. The maximum atomic E-state index is 11.7. The van der Waals surface area contributed by atoms with Gasteiger partial charge in [-0.15, -0.1) is 0 Å². The second-order valence-electron chi connectivity index (χ2n) is 4.11. The van der Waals surface area contributed by atoms with Gasteiger partial charge < -0.3 is 14.9 Å². The van der Waals surface area contributed by atoms with Gasteiger partial charge in [0.2, 0.25) is 0 Å². The SMILES string of the molecule is CC1[C@@H](O)[C@@H](CO)O[C@H]1n1ccc(=S)[nH]c1=O. The number of H-pyrrole nitrogens is 1. The van der Waals surface area contributed by atoms with Crippen molar-refractivity contribution in [2.75, 3.05) is 6.61 Å². The van der Waals surface area contributed by atoms with Crippen molar-refractivity contribution in [1.29, 1.82) is 0 Å². The maximum Gasteiger partial charge on any atom is 0.328 e. The molecule has 0 spiro atoms. The van der Waals surface area contributed by atoms with Gasteiger partial charge in [0.05, 0.1) is 12.7 Å². The molecule has 1 unspecified atom stereocenters. The number of nitrogens with zero attached hydrogens (tertiary/aromatic N) is 1. The Bertz CT molecular complexity index is 512. The van der Waals surface area contributed by atoms with Gasteiger partial charge in [0.25, 0.3) is 0 Å². The molecule has 7 heteroatoms. The summed E-state index contributed by atoms with van der Waals surface area (Å²) < 4.78 is 7.13. The molecule has 2 heterocycles. The number of aromatic nitrogens is 2. The van der Waals surface area contributed by atoms with Gasteiger partial charge in [-0.1, -0.05) is 19.1 Å². The summed E-state index contributed by atoms with van der Waals surface area (Å²) in [6.07, 6.45) is -0.527. The second kappa shape index (κ2) is 4.69. The van der Waals surface area contributed by atoms with Crippen molar-refractivity contribution in [2.45, 2.75) is 25.4 Å². The largest absolute Gasteiger partial charge is 0.394 e. The van der Waals surface area contributed by atoms with E-state index in [-0.39, 0.29) is 18.2 Å². The Morgan fingerprint density at radius 2 is 2.35 bits per heavy atom. The molecule has 4 atom stereocenters. The molecule has 1 aliphatic heterocycles. The molecule has 0 radical (unpaired) electrons. The van der Waals surface area contributed by atoms with E-state index in [0.29, 0.717) is 4.64 Å². The third-order valence-electron chi connectivity index (χ3n) is 2.99. The van der Waals surface area contributed by atoms with Crippen molar-refractivity contribution in [1.82, 2.24) is 9.55 Å². The van der Waals surface area contributed by atoms with Gasteiger partial charge >= 0.3 is 5.69 Å². The highest BCUT2D eigenvalue weighted by Crippen LogP contribution is 2.33. The lowest BCUT2D eigenvalue weighted by Gasteiger charge is -2.17. The Morgan fingerprint density at radius 3 is 2.88 bits per heavy atom. The van der Waals surface area contributed by atoms with Gasteiger partial charge in [-0.2, -0.15) is 0 Å². The monoisotopic (exact) mass is 258 g/mol. The Hall–Kier alpha value is -1.02. The number of aliphatic hydroxyl groups is 2. The van der Waals surface area contributed by atoms with Crippen molar-refractivity contribution in [3.63, 3.8) is 0 Å². The summed E-state index contributed by atoms with van der Waals surface area (Å²) in [5, 5.41) is 18.8. The van der Waals surface area contributed by atoms with Crippen LogP contribution in [0, 0.1) is 10.6 Å². The van der Waals surface area contributed by atoms with Crippen molar-refractivity contribution in [2.24, 2.45) is 5.92 Å². The van der Waals surface area contributed by atoms with E-state index in [1.165, 1.54) is 10.8 Å². The molecule has 0 bridgehead atoms. The Labute approximate surface area is 102 Å². The van der Waals surface area contributed by atoms with Crippen molar-refractivity contribution in [3.05, 3.63) is 27.4 Å². The van der Waals surface area contributed by atoms with E-state index in [1.807, 2.05) is 0 Å². The van der Waals surface area contributed by atoms with Crippen LogP contribution in [0.15, 0.2) is 17.1 Å². The van der Waals surface area contributed by atoms with Gasteiger partial charge in [-0.05, 0) is 6.07 Å². The highest BCUT2D eigenvalue weighted by Gasteiger charge is 2.41. The fourth-order valence-electron chi connectivity index (χ4n) is 1.99. The lowest BCUT2D eigenvalue weighted by atomic mass is 10.0. The van der Waals surface area contributed by atoms with E-state index in [0.717, 1.165) is 0 Å². The zero-order valence-corrected chi connectivity index (χ0v) is 10.1. The van der Waals surface area contributed by atoms with Crippen molar-refractivity contribution >= 4 is 12.2 Å². The van der Waals surface area contributed by atoms with E-state index < -0.39 is 18.4 Å². The number of rotatable bonds is 2. The third kappa shape index (κ3) is 2.19. The number of hydrogen-bond acceptors (Lipinski definition) is 5. The number of nitrogens with one attached hydrogen (secondary N) is 1. The molecular weight excluding hydrogens is 244 g/mol. The van der Waals surface area contributed by atoms with E-state index in [9.17, 15) is 9.90 Å². The van der Waals surface area contributed by atoms with Crippen LogP contribution >= 0.6 is 12.2 Å². The molecule has 17 heavy (non-hydrogen) atoms. The Morgan fingerprint density at radius 1 is 1.65 bits per heavy atom. The summed E-state index contributed by atoms with van der Waals surface area (Å²) in [6.45, 7) is 1.48. The van der Waals surface area contributed by atoms with Crippen LogP contribution in [0.2, 0.25) is 0 Å². The van der Waals surface area contributed by atoms with E-state index in [1.54, 1.807) is 13.0 Å². The van der Waals surface area contributed by atoms with Gasteiger partial charge in [0, 0.05) is 12.1 Å². The van der Waals surface area contributed by atoms with Gasteiger partial charge in [-0.25, -0.2) is 4.79 Å². The zero-order chi connectivity index (χ0) is 12.6. The highest BCUT2D eigenvalue weighted by molar-refractivity contribution is 7.71. The summed E-state index contributed by atoms with van der Waals surface area (Å²) >= 11 is 4.83. The van der Waals surface area contributed by atoms with Crippen LogP contribution in [0.25, 0.3) is 0 Å². The van der Waals surface area contributed by atoms with Crippen LogP contribution in [0.3, 0.4) is 0 Å². The molecule has 3 N–H and O–H groups in total. The quantitative estimate of drug-likeness (QED) is 0.639. The molecule has 1 aliphatic rings. The minimum Gasteiger partial charge on any atom is -0.394 e. The lowest BCUT2D eigenvalue weighted by Crippen LogP contribution is -2.30. The van der Waals surface area contributed by atoms with Crippen molar-refractivity contribution < 1.29 is 14.9 Å². The van der Waals surface area contributed by atoms with E-state index in [4.69, 9.17) is 22.1 Å². The van der Waals surface area contributed by atoms with Gasteiger partial charge in [0.1, 0.15) is 17.0 Å². The predicted molar refractivity (Wildman–Crippen MR) is 62.1 cm³/mol. The number of ether oxygens (including phenoxy) is 1. The number of aliphatic hydroxyl groups excluding tert-OH is 2. The molecule has 1 aromatic heterocycles. The van der Waals surface area contributed by atoms with E-state index in [2.05, 4.69) is 4.98 Å². The molecular formula is C10H14N2O4S. The van der Waals surface area contributed by atoms with Crippen LogP contribution in [0.4, 0.5) is 0 Å². The normalized spacial score (nSPS) is 32.9. The van der Waals surface area contributed by atoms with E-state index >= 15 is 0 Å². The topological polar surface area (TPSA) is 87.5 Å². The maximum absolute atomic E-state index is 11.7. The first-order valence-corrected chi connectivity index (χ1v) is 5.71. The first-order chi connectivity index (χ1) is 8.04. The second-order valence-corrected chi connectivity index (χ2v) is 4.55. The molecule has 0 saturated carbocycles. The molecule has 1 saturated heterocycles. The average molecular weight is 258 g/mol. The first kappa shape index (κ1) is 12.4. The first-order valence-electron chi connectivity index (χ1n) is 5.30. The molecule has 2 rings (SSSR count). The van der Waals surface area contributed by atoms with Crippen LogP contribution in [0.5, 0.6) is 0 Å². The molecule has 0 aliphatic carbocycles. The molecule has 6 nitrogen and oxygen atoms in total. The Kier molecular flexibility index (Phi) is 3.43. The standard InChI is InChI=1S/C10H14N2O4S/c1-5-8(14)6(4-13)16-9(5)12-3-2-7(17)11-10(12)15/h2-3,5-6,8-9,13-14H,4H2,1H3,(H,11,15,17)/t5?,6-,8-,9-/m1/s1. The molecule has 0 amide bonds. The van der Waals surface area contributed by atoms with Gasteiger partial charge in [0.15, 0.2) is 0 Å². The molecule has 1 aromatic rings.